The first-order valence-corrected chi connectivity index (χ1v) is 13.5. The number of fused-ring (bicyclic) bond motifs is 1. The van der Waals surface area contributed by atoms with E-state index >= 15 is 0 Å². The number of ether oxygens (including phenoxy) is 1. The van der Waals surface area contributed by atoms with Gasteiger partial charge in [0.25, 0.3) is 0 Å². The van der Waals surface area contributed by atoms with Crippen molar-refractivity contribution < 1.29 is 56.3 Å². The minimum absolute atomic E-state index is 0.106. The largest absolute Gasteiger partial charge is 0.490 e. The molecule has 0 bridgehead atoms. The minimum Gasteiger partial charge on any atom is -0.390 e. The van der Waals surface area contributed by atoms with Crippen LogP contribution in [0.2, 0.25) is 0 Å². The van der Waals surface area contributed by atoms with Gasteiger partial charge in [-0.15, -0.1) is 11.3 Å². The standard InChI is InChI=1S/C13H18NO12P3S/c1-8-13-9(3-5-30-13)2-4-14(8)12-6-10(15)11(24-12)7-23-28(19,20)26-29(21,22)25-27(16,17)18/h2-5,10-12,15H,1,6-7H2,(H,19,20)(H,21,22)(H2,16,17,18)/t10?,11-,12-/m1/s1. The SMILES string of the molecule is C=C1c2sccc2C=CN1[C@H]1CC(O)[C@@H](COP(=O)(O)OP(=O)(O)OP(=O)(O)O)O1. The highest BCUT2D eigenvalue weighted by atomic mass is 32.1. The molecule has 2 aliphatic rings. The van der Waals surface area contributed by atoms with Crippen molar-refractivity contribution in [2.75, 3.05) is 6.61 Å². The monoisotopic (exact) mass is 505 g/mol. The lowest BCUT2D eigenvalue weighted by atomic mass is 10.1. The lowest BCUT2D eigenvalue weighted by Crippen LogP contribution is -2.31. The van der Waals surface area contributed by atoms with E-state index in [0.717, 1.165) is 10.4 Å². The lowest BCUT2D eigenvalue weighted by Gasteiger charge is -2.31. The summed E-state index contributed by atoms with van der Waals surface area (Å²) in [6.07, 6.45) is 0.788. The number of hydrogen-bond donors (Lipinski definition) is 5. The Kier molecular flexibility index (Phi) is 6.94. The van der Waals surface area contributed by atoms with Crippen LogP contribution >= 0.6 is 34.8 Å². The third kappa shape index (κ3) is 5.96. The Morgan fingerprint density at radius 3 is 2.57 bits per heavy atom. The van der Waals surface area contributed by atoms with Gasteiger partial charge in [0, 0.05) is 12.6 Å². The maximum Gasteiger partial charge on any atom is 0.490 e. The molecule has 5 N–H and O–H groups in total. The van der Waals surface area contributed by atoms with E-state index in [1.807, 2.05) is 17.5 Å². The van der Waals surface area contributed by atoms with Gasteiger partial charge in [-0.1, -0.05) is 6.58 Å². The van der Waals surface area contributed by atoms with Crippen LogP contribution in [0.4, 0.5) is 0 Å². The van der Waals surface area contributed by atoms with Gasteiger partial charge < -0.3 is 34.3 Å². The second-order valence-corrected chi connectivity index (χ2v) is 11.5. The zero-order valence-corrected chi connectivity index (χ0v) is 18.5. The highest BCUT2D eigenvalue weighted by molar-refractivity contribution is 7.66. The molecule has 1 aromatic rings. The molecule has 5 atom stereocenters. The predicted octanol–water partition coefficient (Wildman–Crippen LogP) is 1.82. The normalized spacial score (nSPS) is 28.2. The Hall–Kier alpha value is -0.690. The van der Waals surface area contributed by atoms with Gasteiger partial charge in [0.2, 0.25) is 0 Å². The molecule has 0 saturated carbocycles. The topological polar surface area (TPSA) is 193 Å². The fraction of sp³-hybridized carbons (Fsp3) is 0.385. The van der Waals surface area contributed by atoms with E-state index in [2.05, 4.69) is 19.7 Å². The number of rotatable bonds is 8. The molecule has 3 unspecified atom stereocenters. The average molecular weight is 505 g/mol. The van der Waals surface area contributed by atoms with Gasteiger partial charge >= 0.3 is 23.5 Å². The van der Waals surface area contributed by atoms with Gasteiger partial charge in [-0.25, -0.2) is 13.7 Å². The molecule has 3 rings (SSSR count). The first-order valence-electron chi connectivity index (χ1n) is 8.11. The molecule has 168 valence electrons. The number of nitrogens with zero attached hydrogens (tertiary/aromatic N) is 1. The highest BCUT2D eigenvalue weighted by Gasteiger charge is 2.43. The Morgan fingerprint density at radius 2 is 1.90 bits per heavy atom. The van der Waals surface area contributed by atoms with Crippen molar-refractivity contribution in [1.82, 2.24) is 4.90 Å². The fourth-order valence-electron chi connectivity index (χ4n) is 2.83. The van der Waals surface area contributed by atoms with Crippen LogP contribution < -0.4 is 0 Å². The molecule has 2 aliphatic heterocycles. The maximum absolute atomic E-state index is 11.8. The van der Waals surface area contributed by atoms with Crippen molar-refractivity contribution in [1.29, 1.82) is 0 Å². The number of aliphatic hydroxyl groups is 1. The van der Waals surface area contributed by atoms with E-state index in [1.54, 1.807) is 11.1 Å². The summed E-state index contributed by atoms with van der Waals surface area (Å²) in [6.45, 7) is 3.28. The summed E-state index contributed by atoms with van der Waals surface area (Å²) in [5.74, 6) is 0. The molecule has 1 fully saturated rings. The number of hydrogen-bond acceptors (Lipinski definition) is 10. The summed E-state index contributed by atoms with van der Waals surface area (Å²) in [5, 5.41) is 12.1. The zero-order valence-electron chi connectivity index (χ0n) is 15.0. The molecule has 1 aromatic heterocycles. The van der Waals surface area contributed by atoms with Crippen molar-refractivity contribution in [2.45, 2.75) is 24.9 Å². The second kappa shape index (κ2) is 8.68. The van der Waals surface area contributed by atoms with Crippen LogP contribution in [-0.4, -0.2) is 54.6 Å². The van der Waals surface area contributed by atoms with Gasteiger partial charge in [-0.2, -0.15) is 8.62 Å². The Balaban J connectivity index is 1.58. The first-order chi connectivity index (χ1) is 13.8. The van der Waals surface area contributed by atoms with Crippen molar-refractivity contribution in [3.8, 4) is 0 Å². The number of phosphoric acid groups is 3. The minimum atomic E-state index is -5.61. The molecule has 3 heterocycles. The molecular weight excluding hydrogens is 487 g/mol. The van der Waals surface area contributed by atoms with Gasteiger partial charge in [0.15, 0.2) is 0 Å². The van der Waals surface area contributed by atoms with E-state index in [0.29, 0.717) is 5.70 Å². The lowest BCUT2D eigenvalue weighted by molar-refractivity contribution is -0.0496. The van der Waals surface area contributed by atoms with Crippen molar-refractivity contribution in [3.05, 3.63) is 34.7 Å². The molecular formula is C13H18NO12P3S. The quantitative estimate of drug-likeness (QED) is 0.322. The van der Waals surface area contributed by atoms with Crippen LogP contribution in [0.1, 0.15) is 16.9 Å². The smallest absolute Gasteiger partial charge is 0.390 e. The van der Waals surface area contributed by atoms with Crippen LogP contribution in [0.25, 0.3) is 11.8 Å². The third-order valence-electron chi connectivity index (χ3n) is 4.02. The summed E-state index contributed by atoms with van der Waals surface area (Å²) in [6, 6.07) is 1.93. The van der Waals surface area contributed by atoms with Crippen molar-refractivity contribution in [3.63, 3.8) is 0 Å². The Labute approximate surface area is 174 Å². The van der Waals surface area contributed by atoms with Crippen LogP contribution in [0, 0.1) is 0 Å². The average Bonchev–Trinajstić information content (AvgIpc) is 3.17. The second-order valence-electron chi connectivity index (χ2n) is 6.19. The molecule has 0 amide bonds. The summed E-state index contributed by atoms with van der Waals surface area (Å²) in [7, 11) is -16.4. The van der Waals surface area contributed by atoms with Gasteiger partial charge in [-0.05, 0) is 23.1 Å². The van der Waals surface area contributed by atoms with E-state index < -0.39 is 48.5 Å². The van der Waals surface area contributed by atoms with Crippen LogP contribution in [-0.2, 0) is 31.6 Å². The number of thiophene rings is 1. The summed E-state index contributed by atoms with van der Waals surface area (Å²) in [4.78, 5) is 38.3. The number of phosphoric ester groups is 1. The predicted molar refractivity (Wildman–Crippen MR) is 103 cm³/mol. The van der Waals surface area contributed by atoms with Crippen molar-refractivity contribution in [2.24, 2.45) is 0 Å². The third-order valence-corrected chi connectivity index (χ3v) is 8.80. The molecule has 0 aromatic carbocycles. The van der Waals surface area contributed by atoms with Gasteiger partial charge in [0.1, 0.15) is 12.3 Å². The van der Waals surface area contributed by atoms with Gasteiger partial charge in [-0.3, -0.25) is 4.52 Å². The van der Waals surface area contributed by atoms with Crippen LogP contribution in [0.3, 0.4) is 0 Å². The molecule has 0 radical (unpaired) electrons. The van der Waals surface area contributed by atoms with E-state index in [4.69, 9.17) is 19.4 Å². The van der Waals surface area contributed by atoms with Crippen molar-refractivity contribution >= 4 is 46.6 Å². The highest BCUT2D eigenvalue weighted by Crippen LogP contribution is 2.66. The molecule has 0 spiro atoms. The number of aliphatic hydroxyl groups excluding tert-OH is 1. The Bertz CT molecular complexity index is 988. The molecule has 0 aliphatic carbocycles. The van der Waals surface area contributed by atoms with E-state index in [1.165, 1.54) is 11.3 Å². The maximum atomic E-state index is 11.8. The van der Waals surface area contributed by atoms with E-state index in [9.17, 15) is 23.7 Å². The van der Waals surface area contributed by atoms with Crippen LogP contribution in [0.15, 0.2) is 24.2 Å². The summed E-state index contributed by atoms with van der Waals surface area (Å²) < 4.78 is 51.2. The molecule has 30 heavy (non-hydrogen) atoms. The van der Waals surface area contributed by atoms with Gasteiger partial charge in [0.05, 0.1) is 23.3 Å². The molecule has 17 heteroatoms. The molecule has 13 nitrogen and oxygen atoms in total. The first kappa shape index (κ1) is 24.0. The molecule has 1 saturated heterocycles. The van der Waals surface area contributed by atoms with Crippen LogP contribution in [0.5, 0.6) is 0 Å². The summed E-state index contributed by atoms with van der Waals surface area (Å²) in [5.41, 5.74) is 1.64. The zero-order chi connectivity index (χ0) is 22.3. The Morgan fingerprint density at radius 1 is 1.20 bits per heavy atom. The summed E-state index contributed by atoms with van der Waals surface area (Å²) >= 11 is 1.48. The fourth-order valence-corrected chi connectivity index (χ4v) is 6.72. The van der Waals surface area contributed by atoms with E-state index in [-0.39, 0.29) is 6.42 Å².